The zero-order chi connectivity index (χ0) is 15.7. The maximum Gasteiger partial charge on any atom is 0.433 e. The van der Waals surface area contributed by atoms with Crippen molar-refractivity contribution in [3.8, 4) is 0 Å². The van der Waals surface area contributed by atoms with Crippen molar-refractivity contribution < 1.29 is 9.63 Å². The fourth-order valence-corrected chi connectivity index (χ4v) is 2.83. The Kier molecular flexibility index (Phi) is 7.29. The number of oxime groups is 1. The smallest absolute Gasteiger partial charge is 0.323 e. The molecule has 1 rings (SSSR count). The average molecular weight is 308 g/mol. The predicted octanol–water partition coefficient (Wildman–Crippen LogP) is 4.07. The van der Waals surface area contributed by atoms with Crippen molar-refractivity contribution in [3.63, 3.8) is 0 Å². The van der Waals surface area contributed by atoms with Crippen LogP contribution in [0.4, 0.5) is 4.79 Å². The van der Waals surface area contributed by atoms with E-state index in [1.807, 2.05) is 18.2 Å². The summed E-state index contributed by atoms with van der Waals surface area (Å²) in [5.41, 5.74) is 1.40. The molecule has 21 heavy (non-hydrogen) atoms. The van der Waals surface area contributed by atoms with Gasteiger partial charge in [0.15, 0.2) is 0 Å². The number of thioether (sulfide) groups is 1. The van der Waals surface area contributed by atoms with E-state index >= 15 is 0 Å². The highest BCUT2D eigenvalue weighted by molar-refractivity contribution is 8.13. The number of amides is 1. The number of benzene rings is 1. The predicted molar refractivity (Wildman–Crippen MR) is 89.7 cm³/mol. The van der Waals surface area contributed by atoms with Crippen molar-refractivity contribution in [2.24, 2.45) is 10.6 Å². The minimum Gasteiger partial charge on any atom is -0.323 e. The molecule has 0 atom stereocenters. The van der Waals surface area contributed by atoms with Crippen molar-refractivity contribution in [3.05, 3.63) is 35.9 Å². The maximum atomic E-state index is 11.1. The molecule has 0 heterocycles. The Morgan fingerprint density at radius 3 is 2.52 bits per heavy atom. The van der Waals surface area contributed by atoms with Gasteiger partial charge in [0, 0.05) is 19.2 Å². The molecule has 1 N–H and O–H groups in total. The monoisotopic (exact) mass is 308 g/mol. The van der Waals surface area contributed by atoms with Crippen molar-refractivity contribution >= 4 is 22.9 Å². The first-order chi connectivity index (χ1) is 9.90. The topological polar surface area (TPSA) is 50.7 Å². The van der Waals surface area contributed by atoms with E-state index in [2.05, 4.69) is 43.4 Å². The SMILES string of the molecule is CNC(=O)ON=C(CC(C)(C)C)SCCc1ccccc1. The molecule has 0 aliphatic carbocycles. The van der Waals surface area contributed by atoms with Gasteiger partial charge in [-0.15, -0.1) is 11.8 Å². The van der Waals surface area contributed by atoms with Crippen molar-refractivity contribution in [2.45, 2.75) is 33.6 Å². The Labute approximate surface area is 131 Å². The van der Waals surface area contributed by atoms with Crippen LogP contribution in [0.15, 0.2) is 35.5 Å². The number of nitrogens with one attached hydrogen (secondary N) is 1. The zero-order valence-electron chi connectivity index (χ0n) is 13.2. The highest BCUT2D eigenvalue weighted by Crippen LogP contribution is 2.24. The minimum absolute atomic E-state index is 0.102. The average Bonchev–Trinajstić information content (AvgIpc) is 2.44. The molecule has 1 amide bonds. The molecule has 0 aliphatic rings. The van der Waals surface area contributed by atoms with Gasteiger partial charge in [-0.25, -0.2) is 4.79 Å². The lowest BCUT2D eigenvalue weighted by molar-refractivity contribution is 0.153. The van der Waals surface area contributed by atoms with Gasteiger partial charge in [-0.2, -0.15) is 0 Å². The number of aryl methyl sites for hydroxylation is 1. The first-order valence-electron chi connectivity index (χ1n) is 7.03. The van der Waals surface area contributed by atoms with Gasteiger partial charge in [-0.1, -0.05) is 56.3 Å². The summed E-state index contributed by atoms with van der Waals surface area (Å²) < 4.78 is 0. The van der Waals surface area contributed by atoms with E-state index in [0.717, 1.165) is 23.6 Å². The molecule has 0 saturated heterocycles. The summed E-state index contributed by atoms with van der Waals surface area (Å²) in [6.45, 7) is 6.42. The third kappa shape index (κ3) is 8.40. The Hall–Kier alpha value is -1.49. The summed E-state index contributed by atoms with van der Waals surface area (Å²) >= 11 is 1.64. The molecule has 4 nitrogen and oxygen atoms in total. The molecule has 0 aliphatic heterocycles. The van der Waals surface area contributed by atoms with Gasteiger partial charge in [-0.3, -0.25) is 4.84 Å². The second-order valence-corrected chi connectivity index (χ2v) is 7.10. The summed E-state index contributed by atoms with van der Waals surface area (Å²) in [7, 11) is 1.52. The van der Waals surface area contributed by atoms with Crippen LogP contribution in [0.25, 0.3) is 0 Å². The van der Waals surface area contributed by atoms with Gasteiger partial charge < -0.3 is 5.32 Å². The van der Waals surface area contributed by atoms with Gasteiger partial charge in [0.25, 0.3) is 0 Å². The molecule has 1 aromatic rings. The fourth-order valence-electron chi connectivity index (χ4n) is 1.63. The van der Waals surface area contributed by atoms with E-state index in [9.17, 15) is 4.79 Å². The lowest BCUT2D eigenvalue weighted by atomic mass is 9.93. The molecule has 0 unspecified atom stereocenters. The van der Waals surface area contributed by atoms with Crippen LogP contribution in [0, 0.1) is 5.41 Å². The molecular weight excluding hydrogens is 284 g/mol. The van der Waals surface area contributed by atoms with Crippen LogP contribution in [-0.4, -0.2) is 23.9 Å². The Balaban J connectivity index is 2.54. The molecule has 0 bridgehead atoms. The summed E-state index contributed by atoms with van der Waals surface area (Å²) in [4.78, 5) is 15.9. The van der Waals surface area contributed by atoms with Crippen LogP contribution >= 0.6 is 11.8 Å². The highest BCUT2D eigenvalue weighted by atomic mass is 32.2. The molecular formula is C16H24N2O2S. The van der Waals surface area contributed by atoms with E-state index in [1.165, 1.54) is 12.6 Å². The van der Waals surface area contributed by atoms with Crippen molar-refractivity contribution in [1.82, 2.24) is 5.32 Å². The molecule has 1 aromatic carbocycles. The van der Waals surface area contributed by atoms with E-state index < -0.39 is 6.09 Å². The largest absolute Gasteiger partial charge is 0.433 e. The van der Waals surface area contributed by atoms with Gasteiger partial charge in [0.1, 0.15) is 5.04 Å². The van der Waals surface area contributed by atoms with Crippen molar-refractivity contribution in [1.29, 1.82) is 0 Å². The Bertz CT molecular complexity index is 467. The molecule has 0 aromatic heterocycles. The Morgan fingerprint density at radius 2 is 1.95 bits per heavy atom. The quantitative estimate of drug-likeness (QED) is 0.386. The van der Waals surface area contributed by atoms with E-state index in [1.54, 1.807) is 11.8 Å². The first kappa shape index (κ1) is 17.6. The lowest BCUT2D eigenvalue weighted by Gasteiger charge is -2.18. The molecule has 116 valence electrons. The van der Waals surface area contributed by atoms with E-state index in [0.29, 0.717) is 0 Å². The van der Waals surface area contributed by atoms with Crippen LogP contribution in [0.2, 0.25) is 0 Å². The van der Waals surface area contributed by atoms with Gasteiger partial charge in [0.05, 0.1) is 0 Å². The van der Waals surface area contributed by atoms with Crippen LogP contribution in [0.3, 0.4) is 0 Å². The van der Waals surface area contributed by atoms with Crippen LogP contribution in [0.5, 0.6) is 0 Å². The summed E-state index contributed by atoms with van der Waals surface area (Å²) in [5.74, 6) is 0.913. The molecule has 0 fully saturated rings. The second kappa shape index (κ2) is 8.72. The molecule has 0 spiro atoms. The third-order valence-electron chi connectivity index (χ3n) is 2.62. The highest BCUT2D eigenvalue weighted by Gasteiger charge is 2.16. The molecule has 0 radical (unpaired) electrons. The van der Waals surface area contributed by atoms with Crippen LogP contribution in [0.1, 0.15) is 32.8 Å². The van der Waals surface area contributed by atoms with Gasteiger partial charge in [-0.05, 0) is 17.4 Å². The van der Waals surface area contributed by atoms with Crippen LogP contribution in [-0.2, 0) is 11.3 Å². The maximum absolute atomic E-state index is 11.1. The van der Waals surface area contributed by atoms with E-state index in [4.69, 9.17) is 4.84 Å². The third-order valence-corrected chi connectivity index (χ3v) is 3.58. The lowest BCUT2D eigenvalue weighted by Crippen LogP contribution is -2.18. The normalized spacial score (nSPS) is 12.1. The standard InChI is InChI=1S/C16H24N2O2S/c1-16(2,3)12-14(18-20-15(19)17-4)21-11-10-13-8-6-5-7-9-13/h5-9H,10-12H2,1-4H3,(H,17,19). The minimum atomic E-state index is -0.537. The number of rotatable bonds is 5. The number of nitrogens with zero attached hydrogens (tertiary/aromatic N) is 1. The van der Waals surface area contributed by atoms with Gasteiger partial charge in [0.2, 0.25) is 0 Å². The number of hydrogen-bond acceptors (Lipinski definition) is 4. The van der Waals surface area contributed by atoms with Crippen molar-refractivity contribution in [2.75, 3.05) is 12.8 Å². The fraction of sp³-hybridized carbons (Fsp3) is 0.500. The summed E-state index contributed by atoms with van der Waals surface area (Å²) in [6.07, 6.45) is 1.21. The van der Waals surface area contributed by atoms with Crippen LogP contribution < -0.4 is 5.32 Å². The number of hydrogen-bond donors (Lipinski definition) is 1. The second-order valence-electron chi connectivity index (χ2n) is 5.94. The number of carbonyl (C=O) groups is 1. The summed E-state index contributed by atoms with van der Waals surface area (Å²) in [5, 5.41) is 7.22. The van der Waals surface area contributed by atoms with E-state index in [-0.39, 0.29) is 5.41 Å². The Morgan fingerprint density at radius 1 is 1.29 bits per heavy atom. The molecule has 0 saturated carbocycles. The van der Waals surface area contributed by atoms with Gasteiger partial charge >= 0.3 is 6.09 Å². The zero-order valence-corrected chi connectivity index (χ0v) is 14.0. The molecule has 5 heteroatoms. The number of carbonyl (C=O) groups excluding carboxylic acids is 1. The summed E-state index contributed by atoms with van der Waals surface area (Å²) in [6, 6.07) is 10.3. The first-order valence-corrected chi connectivity index (χ1v) is 8.01.